The predicted octanol–water partition coefficient (Wildman–Crippen LogP) is 6.16. The largest absolute Gasteiger partial charge is 0.379 e. The zero-order valence-corrected chi connectivity index (χ0v) is 14.8. The first-order valence-electron chi connectivity index (χ1n) is 8.14. The van der Waals surface area contributed by atoms with Gasteiger partial charge in [0.2, 0.25) is 0 Å². The molecule has 0 saturated carbocycles. The Morgan fingerprint density at radius 3 is 2.40 bits per heavy atom. The molecule has 20 heavy (non-hydrogen) atoms. The summed E-state index contributed by atoms with van der Waals surface area (Å²) in [5.74, 6) is 1.51. The van der Waals surface area contributed by atoms with Gasteiger partial charge in [-0.1, -0.05) is 57.4 Å². The third kappa shape index (κ3) is 11.3. The number of allylic oxidation sites excluding steroid dienone is 4. The van der Waals surface area contributed by atoms with Crippen molar-refractivity contribution in [2.24, 2.45) is 11.8 Å². The highest BCUT2D eigenvalue weighted by atomic mass is 16.5. The van der Waals surface area contributed by atoms with Crippen LogP contribution in [0.2, 0.25) is 0 Å². The van der Waals surface area contributed by atoms with Crippen LogP contribution in [-0.2, 0) is 4.74 Å². The van der Waals surface area contributed by atoms with E-state index in [9.17, 15) is 0 Å². The molecule has 1 nitrogen and oxygen atoms in total. The lowest BCUT2D eigenvalue weighted by atomic mass is 9.95. The molecule has 0 radical (unpaired) electrons. The quantitative estimate of drug-likeness (QED) is 0.436. The van der Waals surface area contributed by atoms with Crippen molar-refractivity contribution in [3.63, 3.8) is 0 Å². The smallest absolute Gasteiger partial charge is 0.0622 e. The van der Waals surface area contributed by atoms with Gasteiger partial charge in [0, 0.05) is 7.11 Å². The van der Waals surface area contributed by atoms with Crippen LogP contribution in [0.3, 0.4) is 0 Å². The van der Waals surface area contributed by atoms with Crippen LogP contribution in [-0.4, -0.2) is 12.7 Å². The highest BCUT2D eigenvalue weighted by Crippen LogP contribution is 2.20. The second kappa shape index (κ2) is 10.2. The average Bonchev–Trinajstić information content (AvgIpc) is 2.33. The number of methoxy groups -OCH3 is 1. The Morgan fingerprint density at radius 1 is 1.20 bits per heavy atom. The lowest BCUT2D eigenvalue weighted by Crippen LogP contribution is -2.22. The van der Waals surface area contributed by atoms with E-state index < -0.39 is 0 Å². The van der Waals surface area contributed by atoms with Gasteiger partial charge < -0.3 is 4.74 Å². The summed E-state index contributed by atoms with van der Waals surface area (Å²) in [6.07, 6.45) is 12.9. The first-order chi connectivity index (χ1) is 9.26. The van der Waals surface area contributed by atoms with E-state index in [-0.39, 0.29) is 5.60 Å². The Hall–Kier alpha value is -0.560. The second-order valence-electron chi connectivity index (χ2n) is 7.24. The van der Waals surface area contributed by atoms with Crippen molar-refractivity contribution in [1.82, 2.24) is 0 Å². The van der Waals surface area contributed by atoms with E-state index in [0.717, 1.165) is 18.3 Å². The van der Waals surface area contributed by atoms with Crippen molar-refractivity contribution in [2.45, 2.75) is 79.2 Å². The van der Waals surface area contributed by atoms with E-state index >= 15 is 0 Å². The van der Waals surface area contributed by atoms with Gasteiger partial charge in [-0.3, -0.25) is 0 Å². The van der Waals surface area contributed by atoms with Gasteiger partial charge in [-0.15, -0.1) is 0 Å². The molecule has 0 aliphatic heterocycles. The van der Waals surface area contributed by atoms with Crippen LogP contribution < -0.4 is 0 Å². The molecule has 0 amide bonds. The van der Waals surface area contributed by atoms with E-state index in [1.165, 1.54) is 31.3 Å². The van der Waals surface area contributed by atoms with Crippen molar-refractivity contribution >= 4 is 0 Å². The van der Waals surface area contributed by atoms with E-state index in [0.29, 0.717) is 0 Å². The first-order valence-corrected chi connectivity index (χ1v) is 8.14. The van der Waals surface area contributed by atoms with Gasteiger partial charge in [0.25, 0.3) is 0 Å². The highest BCUT2D eigenvalue weighted by Gasteiger charge is 2.15. The fourth-order valence-electron chi connectivity index (χ4n) is 2.35. The molecular weight excluding hydrogens is 244 g/mol. The Labute approximate surface area is 127 Å². The van der Waals surface area contributed by atoms with Gasteiger partial charge in [0.15, 0.2) is 0 Å². The molecule has 1 unspecified atom stereocenters. The normalized spacial score (nSPS) is 15.3. The molecule has 1 atom stereocenters. The van der Waals surface area contributed by atoms with Gasteiger partial charge >= 0.3 is 0 Å². The summed E-state index contributed by atoms with van der Waals surface area (Å²) in [7, 11) is 1.80. The molecule has 1 heteroatoms. The SMILES string of the molecule is COC(C)(C)CCCC(C)C/C=C/C=C(\C)CC(C)C. The molecule has 0 fully saturated rings. The van der Waals surface area contributed by atoms with Gasteiger partial charge in [-0.25, -0.2) is 0 Å². The van der Waals surface area contributed by atoms with Gasteiger partial charge in [0.05, 0.1) is 5.60 Å². The summed E-state index contributed by atoms with van der Waals surface area (Å²) in [4.78, 5) is 0. The average molecular weight is 280 g/mol. The van der Waals surface area contributed by atoms with Crippen LogP contribution in [0.15, 0.2) is 23.8 Å². The Bertz CT molecular complexity index is 297. The Morgan fingerprint density at radius 2 is 1.85 bits per heavy atom. The lowest BCUT2D eigenvalue weighted by Gasteiger charge is -2.23. The zero-order valence-electron chi connectivity index (χ0n) is 14.8. The summed E-state index contributed by atoms with van der Waals surface area (Å²) >= 11 is 0. The maximum atomic E-state index is 5.45. The summed E-state index contributed by atoms with van der Waals surface area (Å²) in [5.41, 5.74) is 1.51. The van der Waals surface area contributed by atoms with Crippen LogP contribution >= 0.6 is 0 Å². The molecule has 0 rings (SSSR count). The number of rotatable bonds is 10. The van der Waals surface area contributed by atoms with Crippen LogP contribution in [0.1, 0.15) is 73.6 Å². The van der Waals surface area contributed by atoms with Gasteiger partial charge in [-0.05, 0) is 51.9 Å². The number of ether oxygens (including phenoxy) is 1. The van der Waals surface area contributed by atoms with Gasteiger partial charge in [-0.2, -0.15) is 0 Å². The van der Waals surface area contributed by atoms with Crippen LogP contribution in [0.25, 0.3) is 0 Å². The number of hydrogen-bond acceptors (Lipinski definition) is 1. The monoisotopic (exact) mass is 280 g/mol. The minimum Gasteiger partial charge on any atom is -0.379 e. The lowest BCUT2D eigenvalue weighted by molar-refractivity contribution is 0.0128. The highest BCUT2D eigenvalue weighted by molar-refractivity contribution is 5.10. The molecule has 0 N–H and O–H groups in total. The number of hydrogen-bond donors (Lipinski definition) is 0. The Kier molecular flexibility index (Phi) is 9.92. The summed E-state index contributed by atoms with van der Waals surface area (Å²) < 4.78 is 5.45. The fourth-order valence-corrected chi connectivity index (χ4v) is 2.35. The van der Waals surface area contributed by atoms with Crippen LogP contribution in [0, 0.1) is 11.8 Å². The summed E-state index contributed by atoms with van der Waals surface area (Å²) in [5, 5.41) is 0. The summed E-state index contributed by atoms with van der Waals surface area (Å²) in [6, 6.07) is 0. The second-order valence-corrected chi connectivity index (χ2v) is 7.24. The van der Waals surface area contributed by atoms with E-state index in [4.69, 9.17) is 4.74 Å². The minimum atomic E-state index is 0.0340. The summed E-state index contributed by atoms with van der Waals surface area (Å²) in [6.45, 7) is 13.4. The maximum Gasteiger partial charge on any atom is 0.0622 e. The molecule has 0 aromatic heterocycles. The molecule has 0 spiro atoms. The van der Waals surface area contributed by atoms with Crippen molar-refractivity contribution in [1.29, 1.82) is 0 Å². The van der Waals surface area contributed by atoms with E-state index in [1.807, 2.05) is 0 Å². The van der Waals surface area contributed by atoms with Crippen molar-refractivity contribution in [3.8, 4) is 0 Å². The van der Waals surface area contributed by atoms with Crippen LogP contribution in [0.4, 0.5) is 0 Å². The predicted molar refractivity (Wildman–Crippen MR) is 91.1 cm³/mol. The molecule has 118 valence electrons. The molecule has 0 saturated heterocycles. The van der Waals surface area contributed by atoms with Gasteiger partial charge in [0.1, 0.15) is 0 Å². The third-order valence-electron chi connectivity index (χ3n) is 3.81. The van der Waals surface area contributed by atoms with Crippen LogP contribution in [0.5, 0.6) is 0 Å². The third-order valence-corrected chi connectivity index (χ3v) is 3.81. The molecule has 0 aromatic carbocycles. The van der Waals surface area contributed by atoms with E-state index in [2.05, 4.69) is 59.8 Å². The maximum absolute atomic E-state index is 5.45. The van der Waals surface area contributed by atoms with Crippen molar-refractivity contribution < 1.29 is 4.74 Å². The topological polar surface area (TPSA) is 9.23 Å². The fraction of sp³-hybridized carbons (Fsp3) is 0.789. The molecule has 0 aromatic rings. The van der Waals surface area contributed by atoms with Crippen molar-refractivity contribution in [2.75, 3.05) is 7.11 Å². The molecule has 0 heterocycles. The standard InChI is InChI=1S/C19H36O/c1-16(2)15-18(4)12-9-8-11-17(3)13-10-14-19(5,6)20-7/h8-9,12,16-17H,10-11,13-15H2,1-7H3/b9-8+,18-12+. The molecular formula is C19H36O. The minimum absolute atomic E-state index is 0.0340. The molecule has 0 aliphatic carbocycles. The van der Waals surface area contributed by atoms with Crippen molar-refractivity contribution in [3.05, 3.63) is 23.8 Å². The molecule has 0 aliphatic rings. The van der Waals surface area contributed by atoms with E-state index in [1.54, 1.807) is 7.11 Å². The zero-order chi connectivity index (χ0) is 15.6. The first kappa shape index (κ1) is 19.4. The Balaban J connectivity index is 3.85. The molecule has 0 bridgehead atoms.